The number of benzene rings is 1. The van der Waals surface area contributed by atoms with Gasteiger partial charge in [0.25, 0.3) is 0 Å². The highest BCUT2D eigenvalue weighted by Crippen LogP contribution is 2.24. The summed E-state index contributed by atoms with van der Waals surface area (Å²) in [5.41, 5.74) is 0.242. The number of aromatic carboxylic acids is 1. The molecule has 22 heavy (non-hydrogen) atoms. The Bertz CT molecular complexity index is 533. The van der Waals surface area contributed by atoms with E-state index in [0.29, 0.717) is 24.1 Å². The van der Waals surface area contributed by atoms with Crippen molar-refractivity contribution in [3.63, 3.8) is 0 Å². The smallest absolute Gasteiger partial charge is 0.336 e. The lowest BCUT2D eigenvalue weighted by atomic mass is 9.89. The number of amides is 1. The zero-order chi connectivity index (χ0) is 16.8. The largest absolute Gasteiger partial charge is 0.478 e. The lowest BCUT2D eigenvalue weighted by Gasteiger charge is -2.26. The Morgan fingerprint density at radius 1 is 1.18 bits per heavy atom. The molecule has 0 bridgehead atoms. The van der Waals surface area contributed by atoms with Gasteiger partial charge in [0.1, 0.15) is 0 Å². The van der Waals surface area contributed by atoms with Crippen LogP contribution in [-0.4, -0.2) is 27.7 Å². The number of hydrogen-bond donors (Lipinski definition) is 3. The van der Waals surface area contributed by atoms with E-state index in [0.717, 1.165) is 12.8 Å². The van der Waals surface area contributed by atoms with Gasteiger partial charge in [0.2, 0.25) is 5.91 Å². The summed E-state index contributed by atoms with van der Waals surface area (Å²) in [5.74, 6) is -1.33. The first-order valence-corrected chi connectivity index (χ1v) is 7.67. The van der Waals surface area contributed by atoms with Crippen LogP contribution >= 0.6 is 0 Å². The Morgan fingerprint density at radius 2 is 1.77 bits per heavy atom. The number of anilines is 1. The van der Waals surface area contributed by atoms with E-state index in [1.54, 1.807) is 19.1 Å². The van der Waals surface area contributed by atoms with E-state index in [2.05, 4.69) is 5.32 Å². The molecule has 0 aromatic heterocycles. The molecule has 0 radical (unpaired) electrons. The molecule has 1 aromatic carbocycles. The van der Waals surface area contributed by atoms with Crippen LogP contribution in [0.4, 0.5) is 5.69 Å². The van der Waals surface area contributed by atoms with Crippen molar-refractivity contribution in [3.05, 3.63) is 29.3 Å². The van der Waals surface area contributed by atoms with Gasteiger partial charge in [-0.05, 0) is 37.5 Å². The fraction of sp³-hybridized carbons (Fsp3) is 0.529. The van der Waals surface area contributed by atoms with Gasteiger partial charge >= 0.3 is 5.97 Å². The second kappa shape index (κ2) is 7.94. The van der Waals surface area contributed by atoms with Crippen molar-refractivity contribution in [3.8, 4) is 0 Å². The zero-order valence-corrected chi connectivity index (χ0v) is 13.5. The molecule has 5 nitrogen and oxygen atoms in total. The minimum atomic E-state index is -1.03. The van der Waals surface area contributed by atoms with Gasteiger partial charge in [-0.15, -0.1) is 0 Å². The molecule has 0 heterocycles. The third-order valence-electron chi connectivity index (χ3n) is 3.67. The summed E-state index contributed by atoms with van der Waals surface area (Å²) in [5, 5.41) is 22.3. The quantitative estimate of drug-likeness (QED) is 0.687. The Hall–Kier alpha value is -1.88. The minimum absolute atomic E-state index is 0.0188. The van der Waals surface area contributed by atoms with Crippen molar-refractivity contribution >= 4 is 17.6 Å². The first kappa shape index (κ1) is 18.2. The van der Waals surface area contributed by atoms with Crippen LogP contribution in [0.15, 0.2) is 18.2 Å². The standard InChI is InChI=1S/C17H25NO4/c1-4-8-17(22,9-5-2)11-15(19)18-13-7-6-12(3)14(10-13)16(20)21/h6-7,10,22H,4-5,8-9,11H2,1-3H3,(H,18,19)(H,20,21). The lowest BCUT2D eigenvalue weighted by molar-refractivity contribution is -0.121. The molecule has 122 valence electrons. The van der Waals surface area contributed by atoms with Crippen LogP contribution in [-0.2, 0) is 4.79 Å². The van der Waals surface area contributed by atoms with Gasteiger partial charge in [0.05, 0.1) is 17.6 Å². The van der Waals surface area contributed by atoms with E-state index < -0.39 is 11.6 Å². The molecule has 0 atom stereocenters. The van der Waals surface area contributed by atoms with Crippen LogP contribution in [0.25, 0.3) is 0 Å². The fourth-order valence-electron chi connectivity index (χ4n) is 2.67. The van der Waals surface area contributed by atoms with Crippen LogP contribution in [0.3, 0.4) is 0 Å². The molecule has 3 N–H and O–H groups in total. The van der Waals surface area contributed by atoms with E-state index in [4.69, 9.17) is 5.11 Å². The highest BCUT2D eigenvalue weighted by molar-refractivity contribution is 5.95. The maximum absolute atomic E-state index is 12.1. The predicted molar refractivity (Wildman–Crippen MR) is 86.2 cm³/mol. The summed E-state index contributed by atoms with van der Waals surface area (Å²) in [4.78, 5) is 23.2. The average Bonchev–Trinajstić information content (AvgIpc) is 2.40. The van der Waals surface area contributed by atoms with Crippen molar-refractivity contribution in [2.75, 3.05) is 5.32 Å². The van der Waals surface area contributed by atoms with E-state index in [1.165, 1.54) is 6.07 Å². The SMILES string of the molecule is CCCC(O)(CCC)CC(=O)Nc1ccc(C)c(C(=O)O)c1. The van der Waals surface area contributed by atoms with Crippen molar-refractivity contribution in [1.29, 1.82) is 0 Å². The highest BCUT2D eigenvalue weighted by atomic mass is 16.4. The van der Waals surface area contributed by atoms with Gasteiger partial charge in [0.15, 0.2) is 0 Å². The summed E-state index contributed by atoms with van der Waals surface area (Å²) >= 11 is 0. The van der Waals surface area contributed by atoms with E-state index in [-0.39, 0.29) is 17.9 Å². The number of nitrogens with one attached hydrogen (secondary N) is 1. The number of carboxylic acid groups (broad SMARTS) is 1. The van der Waals surface area contributed by atoms with Gasteiger partial charge in [-0.2, -0.15) is 0 Å². The summed E-state index contributed by atoms with van der Waals surface area (Å²) in [6.45, 7) is 5.64. The van der Waals surface area contributed by atoms with E-state index >= 15 is 0 Å². The Balaban J connectivity index is 2.80. The summed E-state index contributed by atoms with van der Waals surface area (Å²) in [6.07, 6.45) is 2.77. The molecule has 0 spiro atoms. The van der Waals surface area contributed by atoms with E-state index in [9.17, 15) is 14.7 Å². The zero-order valence-electron chi connectivity index (χ0n) is 13.5. The summed E-state index contributed by atoms with van der Waals surface area (Å²) < 4.78 is 0. The van der Waals surface area contributed by atoms with Crippen LogP contribution in [0.2, 0.25) is 0 Å². The van der Waals surface area contributed by atoms with Gasteiger partial charge in [-0.3, -0.25) is 4.79 Å². The molecule has 0 saturated heterocycles. The van der Waals surface area contributed by atoms with Crippen LogP contribution in [0, 0.1) is 6.92 Å². The summed E-state index contributed by atoms with van der Waals surface area (Å²) in [6, 6.07) is 4.76. The molecule has 5 heteroatoms. The Morgan fingerprint density at radius 3 is 2.27 bits per heavy atom. The molecule has 1 aromatic rings. The number of hydrogen-bond acceptors (Lipinski definition) is 3. The Kier molecular flexibility index (Phi) is 6.56. The minimum Gasteiger partial charge on any atom is -0.478 e. The van der Waals surface area contributed by atoms with Crippen LogP contribution in [0.5, 0.6) is 0 Å². The van der Waals surface area contributed by atoms with Crippen molar-refractivity contribution in [2.45, 2.75) is 58.5 Å². The topological polar surface area (TPSA) is 86.6 Å². The maximum Gasteiger partial charge on any atom is 0.336 e. The Labute approximate surface area is 131 Å². The normalized spacial score (nSPS) is 11.3. The van der Waals surface area contributed by atoms with Crippen molar-refractivity contribution in [1.82, 2.24) is 0 Å². The van der Waals surface area contributed by atoms with Crippen molar-refractivity contribution in [2.24, 2.45) is 0 Å². The van der Waals surface area contributed by atoms with Gasteiger partial charge < -0.3 is 15.5 Å². The molecule has 0 saturated carbocycles. The molecule has 0 aliphatic carbocycles. The predicted octanol–water partition coefficient (Wildman–Crippen LogP) is 3.35. The molecule has 0 aliphatic rings. The summed E-state index contributed by atoms with van der Waals surface area (Å²) in [7, 11) is 0. The van der Waals surface area contributed by atoms with E-state index in [1.807, 2.05) is 13.8 Å². The highest BCUT2D eigenvalue weighted by Gasteiger charge is 2.28. The first-order chi connectivity index (χ1) is 10.3. The van der Waals surface area contributed by atoms with Crippen molar-refractivity contribution < 1.29 is 19.8 Å². The fourth-order valence-corrected chi connectivity index (χ4v) is 2.67. The third-order valence-corrected chi connectivity index (χ3v) is 3.67. The van der Waals surface area contributed by atoms with Crippen LogP contribution in [0.1, 0.15) is 61.9 Å². The number of aryl methyl sites for hydroxylation is 1. The third kappa shape index (κ3) is 5.15. The first-order valence-electron chi connectivity index (χ1n) is 7.67. The molecular weight excluding hydrogens is 282 g/mol. The molecule has 0 fully saturated rings. The van der Waals surface area contributed by atoms with Gasteiger partial charge in [-0.25, -0.2) is 4.79 Å². The lowest BCUT2D eigenvalue weighted by Crippen LogP contribution is -2.33. The number of carbonyl (C=O) groups excluding carboxylic acids is 1. The second-order valence-electron chi connectivity index (χ2n) is 5.78. The van der Waals surface area contributed by atoms with Gasteiger partial charge in [0, 0.05) is 5.69 Å². The number of rotatable bonds is 8. The molecule has 1 rings (SSSR count). The number of carboxylic acids is 1. The molecule has 1 amide bonds. The second-order valence-corrected chi connectivity index (χ2v) is 5.78. The number of carbonyl (C=O) groups is 2. The van der Waals surface area contributed by atoms with Crippen LogP contribution < -0.4 is 5.32 Å². The average molecular weight is 307 g/mol. The molecule has 0 unspecified atom stereocenters. The molecular formula is C17H25NO4. The number of aliphatic hydroxyl groups is 1. The molecule has 0 aliphatic heterocycles. The maximum atomic E-state index is 12.1. The van der Waals surface area contributed by atoms with Gasteiger partial charge in [-0.1, -0.05) is 32.8 Å². The monoisotopic (exact) mass is 307 g/mol.